The number of β-amino-alcohol motifs (C(OH)–C–C–N with tert-alkyl or cyclic N) is 1. The van der Waals surface area contributed by atoms with Gasteiger partial charge < -0.3 is 39.2 Å². The normalized spacial score (nSPS) is 20.4. The molecule has 2 N–H and O–H groups in total. The SMILES string of the molecule is Cc1cc(C[C@@H](OC(=O)N2CCC(N3CCc4ccccc4NC3=O)CC2)C(=O)N2CCN(C3CCN(CCO)CC3)CC2)cc2oc(=O)n(C)c12. The third-order valence-corrected chi connectivity index (χ3v) is 11.5. The number of piperazine rings is 1. The Bertz CT molecular complexity index is 1820. The highest BCUT2D eigenvalue weighted by atomic mass is 16.6. The lowest BCUT2D eigenvalue weighted by atomic mass is 10.0. The van der Waals surface area contributed by atoms with E-state index in [4.69, 9.17) is 9.15 Å². The van der Waals surface area contributed by atoms with Crippen LogP contribution in [0, 0.1) is 6.92 Å². The zero-order chi connectivity index (χ0) is 36.4. The number of amides is 4. The van der Waals surface area contributed by atoms with E-state index in [-0.39, 0.29) is 31.0 Å². The average molecular weight is 718 g/mol. The Kier molecular flexibility index (Phi) is 10.9. The van der Waals surface area contributed by atoms with Crippen LogP contribution < -0.4 is 11.1 Å². The van der Waals surface area contributed by atoms with Gasteiger partial charge in [0.15, 0.2) is 11.7 Å². The summed E-state index contributed by atoms with van der Waals surface area (Å²) in [6.07, 6.45) is 2.62. The molecule has 0 saturated carbocycles. The Morgan fingerprint density at radius 2 is 1.63 bits per heavy atom. The zero-order valence-electron chi connectivity index (χ0n) is 30.3. The number of para-hydroxylation sites is 1. The van der Waals surface area contributed by atoms with Crippen LogP contribution in [-0.4, -0.2) is 142 Å². The summed E-state index contributed by atoms with van der Waals surface area (Å²) >= 11 is 0. The first kappa shape index (κ1) is 36.0. The number of likely N-dealkylation sites (tertiary alicyclic amines) is 2. The van der Waals surface area contributed by atoms with Crippen LogP contribution in [0.2, 0.25) is 0 Å². The van der Waals surface area contributed by atoms with Gasteiger partial charge in [0.2, 0.25) is 0 Å². The fraction of sp³-hybridized carbons (Fsp3) is 0.579. The number of aromatic nitrogens is 1. The molecule has 14 heteroatoms. The lowest BCUT2D eigenvalue weighted by Crippen LogP contribution is -2.56. The number of oxazole rings is 1. The second-order valence-corrected chi connectivity index (χ2v) is 14.7. The van der Waals surface area contributed by atoms with Crippen molar-refractivity contribution >= 4 is 34.8 Å². The summed E-state index contributed by atoms with van der Waals surface area (Å²) in [4.78, 5) is 63.5. The number of benzene rings is 2. The van der Waals surface area contributed by atoms with Gasteiger partial charge in [-0.3, -0.25) is 14.3 Å². The van der Waals surface area contributed by atoms with E-state index in [2.05, 4.69) is 15.1 Å². The molecule has 4 aliphatic rings. The van der Waals surface area contributed by atoms with Gasteiger partial charge in [-0.15, -0.1) is 0 Å². The van der Waals surface area contributed by atoms with Gasteiger partial charge in [0.25, 0.3) is 5.91 Å². The molecule has 3 fully saturated rings. The number of anilines is 1. The second-order valence-electron chi connectivity index (χ2n) is 14.7. The number of hydrogen-bond donors (Lipinski definition) is 2. The molecule has 0 unspecified atom stereocenters. The summed E-state index contributed by atoms with van der Waals surface area (Å²) in [7, 11) is 1.66. The number of nitrogens with one attached hydrogen (secondary N) is 1. The fourth-order valence-electron chi connectivity index (χ4n) is 8.55. The summed E-state index contributed by atoms with van der Waals surface area (Å²) < 4.78 is 13.0. The number of aliphatic hydroxyl groups excluding tert-OH is 1. The van der Waals surface area contributed by atoms with Crippen LogP contribution in [0.1, 0.15) is 42.4 Å². The standard InChI is InChI=1S/C38H51N7O7/c1-26-23-27(24-32-34(26)40(2)37(49)51-32)25-33(35(47)43-19-17-42(18-20-43)29-8-12-41(13-9-29)21-22-46)52-38(50)44-14-10-30(11-15-44)45-16-7-28-5-3-4-6-31(28)39-36(45)48/h3-6,23-24,29-30,33,46H,7-22,25H2,1-2H3,(H,39,48)/t33-/m1/s1. The largest absolute Gasteiger partial charge is 0.436 e. The van der Waals surface area contributed by atoms with Crippen molar-refractivity contribution in [3.63, 3.8) is 0 Å². The number of aryl methyl sites for hydroxylation is 2. The molecule has 3 aromatic rings. The van der Waals surface area contributed by atoms with Gasteiger partial charge in [-0.1, -0.05) is 24.3 Å². The number of hydrogen-bond acceptors (Lipinski definition) is 9. The number of rotatable bonds is 8. The maximum Gasteiger partial charge on any atom is 0.419 e. The minimum Gasteiger partial charge on any atom is -0.436 e. The van der Waals surface area contributed by atoms with Crippen molar-refractivity contribution in [3.8, 4) is 0 Å². The maximum atomic E-state index is 14.2. The van der Waals surface area contributed by atoms with Crippen LogP contribution in [0.25, 0.3) is 11.1 Å². The van der Waals surface area contributed by atoms with Crippen LogP contribution in [0.15, 0.2) is 45.6 Å². The van der Waals surface area contributed by atoms with Gasteiger partial charge in [-0.05, 0) is 80.9 Å². The van der Waals surface area contributed by atoms with Crippen LogP contribution in [0.4, 0.5) is 15.3 Å². The molecule has 2 aromatic carbocycles. The zero-order valence-corrected chi connectivity index (χ0v) is 30.3. The number of fused-ring (bicyclic) bond motifs is 2. The van der Waals surface area contributed by atoms with Crippen molar-refractivity contribution in [2.75, 3.05) is 77.4 Å². The Labute approximate surface area is 303 Å². The van der Waals surface area contributed by atoms with E-state index >= 15 is 0 Å². The predicted molar refractivity (Wildman–Crippen MR) is 195 cm³/mol. The summed E-state index contributed by atoms with van der Waals surface area (Å²) in [6, 6.07) is 11.9. The van der Waals surface area contributed by atoms with E-state index in [1.807, 2.05) is 47.1 Å². The Balaban J connectivity index is 1.01. The Morgan fingerprint density at radius 1 is 0.923 bits per heavy atom. The molecule has 7 rings (SSSR count). The lowest BCUT2D eigenvalue weighted by Gasteiger charge is -2.43. The van der Waals surface area contributed by atoms with Gasteiger partial charge >= 0.3 is 17.9 Å². The summed E-state index contributed by atoms with van der Waals surface area (Å²) in [5.74, 6) is -0.689. The Hall–Kier alpha value is -4.40. The molecular weight excluding hydrogens is 666 g/mol. The predicted octanol–water partition coefficient (Wildman–Crippen LogP) is 2.64. The highest BCUT2D eigenvalue weighted by Crippen LogP contribution is 2.26. The van der Waals surface area contributed by atoms with Gasteiger partial charge in [-0.2, -0.15) is 0 Å². The summed E-state index contributed by atoms with van der Waals surface area (Å²) in [5.41, 5.74) is 4.65. The molecular formula is C38H51N7O7. The average Bonchev–Trinajstić information content (AvgIpc) is 3.33. The van der Waals surface area contributed by atoms with E-state index in [1.54, 1.807) is 18.0 Å². The van der Waals surface area contributed by atoms with E-state index in [0.717, 1.165) is 67.8 Å². The molecule has 0 aliphatic carbocycles. The van der Waals surface area contributed by atoms with Crippen molar-refractivity contribution < 1.29 is 28.6 Å². The molecule has 1 atom stereocenters. The van der Waals surface area contributed by atoms with Crippen LogP contribution in [-0.2, 0) is 29.4 Å². The van der Waals surface area contributed by atoms with Crippen molar-refractivity contribution in [2.45, 2.75) is 63.6 Å². The van der Waals surface area contributed by atoms with Crippen LogP contribution in [0.3, 0.4) is 0 Å². The first-order chi connectivity index (χ1) is 25.2. The molecule has 280 valence electrons. The summed E-state index contributed by atoms with van der Waals surface area (Å²) in [6.45, 7) is 8.73. The third-order valence-electron chi connectivity index (χ3n) is 11.5. The number of ether oxygens (including phenoxy) is 1. The lowest BCUT2D eigenvalue weighted by molar-refractivity contribution is -0.143. The number of urea groups is 1. The van der Waals surface area contributed by atoms with E-state index in [1.165, 1.54) is 4.57 Å². The van der Waals surface area contributed by atoms with E-state index < -0.39 is 18.0 Å². The van der Waals surface area contributed by atoms with E-state index in [9.17, 15) is 24.3 Å². The summed E-state index contributed by atoms with van der Waals surface area (Å²) in [5, 5.41) is 12.3. The van der Waals surface area contributed by atoms with Gasteiger partial charge in [0, 0.05) is 83.6 Å². The maximum absolute atomic E-state index is 14.2. The highest BCUT2D eigenvalue weighted by Gasteiger charge is 2.36. The van der Waals surface area contributed by atoms with Crippen LogP contribution >= 0.6 is 0 Å². The number of carbonyl (C=O) groups is 3. The second kappa shape index (κ2) is 15.7. The molecule has 4 aliphatic heterocycles. The molecule has 0 bridgehead atoms. The number of piperidine rings is 2. The minimum absolute atomic E-state index is 0.00997. The van der Waals surface area contributed by atoms with Crippen molar-refractivity contribution in [1.29, 1.82) is 0 Å². The molecule has 0 spiro atoms. The highest BCUT2D eigenvalue weighted by molar-refractivity contribution is 5.91. The molecule has 0 radical (unpaired) electrons. The third kappa shape index (κ3) is 7.69. The molecule has 1 aromatic heterocycles. The van der Waals surface area contributed by atoms with Gasteiger partial charge in [-0.25, -0.2) is 14.4 Å². The topological polar surface area (TPSA) is 144 Å². The number of nitrogens with zero attached hydrogens (tertiary/aromatic N) is 6. The smallest absolute Gasteiger partial charge is 0.419 e. The van der Waals surface area contributed by atoms with Crippen molar-refractivity contribution in [3.05, 3.63) is 63.6 Å². The fourth-order valence-corrected chi connectivity index (χ4v) is 8.55. The van der Waals surface area contributed by atoms with E-state index in [0.29, 0.717) is 69.3 Å². The number of aliphatic hydroxyl groups is 1. The van der Waals surface area contributed by atoms with Crippen molar-refractivity contribution in [2.24, 2.45) is 7.05 Å². The molecule has 52 heavy (non-hydrogen) atoms. The number of carbonyl (C=O) groups excluding carboxylic acids is 3. The first-order valence-corrected chi connectivity index (χ1v) is 18.7. The van der Waals surface area contributed by atoms with Gasteiger partial charge in [0.05, 0.1) is 12.1 Å². The molecule has 14 nitrogen and oxygen atoms in total. The minimum atomic E-state index is -1.05. The quantitative estimate of drug-likeness (QED) is 0.360. The monoisotopic (exact) mass is 717 g/mol. The molecule has 5 heterocycles. The molecule has 3 saturated heterocycles. The molecule has 4 amide bonds. The first-order valence-electron chi connectivity index (χ1n) is 18.7. The van der Waals surface area contributed by atoms with Gasteiger partial charge in [0.1, 0.15) is 0 Å². The van der Waals surface area contributed by atoms with Crippen molar-refractivity contribution in [1.82, 2.24) is 29.1 Å². The Morgan fingerprint density at radius 3 is 2.37 bits per heavy atom. The van der Waals surface area contributed by atoms with Crippen LogP contribution in [0.5, 0.6) is 0 Å².